The summed E-state index contributed by atoms with van der Waals surface area (Å²) in [5.74, 6) is -3.61. The molecule has 1 atom stereocenters. The lowest BCUT2D eigenvalue weighted by Gasteiger charge is -2.33. The van der Waals surface area contributed by atoms with Crippen molar-refractivity contribution in [2.24, 2.45) is 0 Å². The predicted octanol–water partition coefficient (Wildman–Crippen LogP) is 6.20. The molecule has 3 aromatic rings. The first kappa shape index (κ1) is 28.7. The van der Waals surface area contributed by atoms with E-state index in [0.29, 0.717) is 5.56 Å². The standard InChI is InChI=1S/C25H21F8N3O2/c1-34-23(37)22(16-5-7-17(26)8-6-16)36(18-9-10-19(27)20(13-18)38-25(31,32)33)12-2-3-15-4-11-21(35-14-15)24(28,29)30/h4-11,13-14,22H,2-3,12H2,1H3,(H,34,37). The van der Waals surface area contributed by atoms with E-state index >= 15 is 0 Å². The van der Waals surface area contributed by atoms with Gasteiger partial charge in [-0.15, -0.1) is 13.2 Å². The molecule has 5 nitrogen and oxygen atoms in total. The zero-order valence-electron chi connectivity index (χ0n) is 19.7. The molecule has 1 heterocycles. The number of hydrogen-bond donors (Lipinski definition) is 1. The van der Waals surface area contributed by atoms with Gasteiger partial charge in [0, 0.05) is 31.5 Å². The number of benzene rings is 2. The van der Waals surface area contributed by atoms with Crippen molar-refractivity contribution in [2.45, 2.75) is 31.4 Å². The molecule has 0 aliphatic carbocycles. The average molecular weight is 547 g/mol. The van der Waals surface area contributed by atoms with Crippen LogP contribution in [0, 0.1) is 11.6 Å². The lowest BCUT2D eigenvalue weighted by atomic mass is 10.0. The number of halogens is 8. The smallest absolute Gasteiger partial charge is 0.403 e. The molecule has 0 bridgehead atoms. The van der Waals surface area contributed by atoms with Gasteiger partial charge in [0.2, 0.25) is 5.91 Å². The highest BCUT2D eigenvalue weighted by molar-refractivity contribution is 5.86. The molecule has 38 heavy (non-hydrogen) atoms. The Morgan fingerprint density at radius 3 is 2.24 bits per heavy atom. The summed E-state index contributed by atoms with van der Waals surface area (Å²) in [6, 6.07) is 8.38. The zero-order chi connectivity index (χ0) is 28.1. The number of pyridine rings is 1. The molecule has 204 valence electrons. The fraction of sp³-hybridized carbons (Fsp3) is 0.280. The normalized spacial score (nSPS) is 12.7. The molecule has 0 radical (unpaired) electrons. The maximum absolute atomic E-state index is 14.1. The molecule has 0 spiro atoms. The second-order valence-corrected chi connectivity index (χ2v) is 8.08. The van der Waals surface area contributed by atoms with E-state index < -0.39 is 47.6 Å². The first-order valence-electron chi connectivity index (χ1n) is 11.1. The summed E-state index contributed by atoms with van der Waals surface area (Å²) >= 11 is 0. The summed E-state index contributed by atoms with van der Waals surface area (Å²) in [5.41, 5.74) is -0.363. The Labute approximate surface area is 212 Å². The van der Waals surface area contributed by atoms with E-state index in [-0.39, 0.29) is 30.6 Å². The van der Waals surface area contributed by atoms with Gasteiger partial charge in [0.1, 0.15) is 17.6 Å². The number of carbonyl (C=O) groups is 1. The molecule has 1 unspecified atom stereocenters. The fourth-order valence-electron chi connectivity index (χ4n) is 3.73. The highest BCUT2D eigenvalue weighted by Crippen LogP contribution is 2.34. The van der Waals surface area contributed by atoms with Crippen molar-refractivity contribution >= 4 is 11.6 Å². The third-order valence-electron chi connectivity index (χ3n) is 5.44. The largest absolute Gasteiger partial charge is 0.573 e. The van der Waals surface area contributed by atoms with Crippen LogP contribution in [0.4, 0.5) is 40.8 Å². The highest BCUT2D eigenvalue weighted by Gasteiger charge is 2.34. The van der Waals surface area contributed by atoms with Crippen LogP contribution in [0.3, 0.4) is 0 Å². The highest BCUT2D eigenvalue weighted by atomic mass is 19.4. The van der Waals surface area contributed by atoms with Crippen LogP contribution in [-0.2, 0) is 17.4 Å². The number of likely N-dealkylation sites (N-methyl/N-ethyl adjacent to an activating group) is 1. The van der Waals surface area contributed by atoms with Gasteiger partial charge in [-0.1, -0.05) is 18.2 Å². The molecule has 1 aromatic heterocycles. The number of nitrogens with one attached hydrogen (secondary N) is 1. The summed E-state index contributed by atoms with van der Waals surface area (Å²) < 4.78 is 108. The van der Waals surface area contributed by atoms with Gasteiger partial charge < -0.3 is 15.0 Å². The van der Waals surface area contributed by atoms with Crippen LogP contribution in [-0.4, -0.2) is 30.8 Å². The minimum Gasteiger partial charge on any atom is -0.403 e. The summed E-state index contributed by atoms with van der Waals surface area (Å²) in [5, 5.41) is 2.44. The van der Waals surface area contributed by atoms with Gasteiger partial charge in [0.15, 0.2) is 11.6 Å². The van der Waals surface area contributed by atoms with Gasteiger partial charge in [-0.2, -0.15) is 13.2 Å². The Balaban J connectivity index is 1.96. The number of aromatic nitrogens is 1. The molecule has 1 N–H and O–H groups in total. The maximum atomic E-state index is 14.1. The second-order valence-electron chi connectivity index (χ2n) is 8.08. The number of alkyl halides is 6. The van der Waals surface area contributed by atoms with E-state index in [1.165, 1.54) is 30.1 Å². The van der Waals surface area contributed by atoms with Crippen molar-refractivity contribution < 1.29 is 44.7 Å². The second kappa shape index (κ2) is 11.7. The third kappa shape index (κ3) is 7.56. The molecule has 0 saturated heterocycles. The first-order chi connectivity index (χ1) is 17.8. The number of aryl methyl sites for hydroxylation is 1. The van der Waals surface area contributed by atoms with Gasteiger partial charge in [0.25, 0.3) is 0 Å². The first-order valence-corrected chi connectivity index (χ1v) is 11.1. The van der Waals surface area contributed by atoms with Crippen molar-refractivity contribution in [1.82, 2.24) is 10.3 Å². The maximum Gasteiger partial charge on any atom is 0.573 e. The molecule has 3 rings (SSSR count). The fourth-order valence-corrected chi connectivity index (χ4v) is 3.73. The van der Waals surface area contributed by atoms with Crippen molar-refractivity contribution in [3.63, 3.8) is 0 Å². The molecular weight excluding hydrogens is 526 g/mol. The number of carbonyl (C=O) groups excluding carboxylic acids is 1. The van der Waals surface area contributed by atoms with E-state index in [9.17, 15) is 39.9 Å². The Hall–Kier alpha value is -3.90. The van der Waals surface area contributed by atoms with Gasteiger partial charge >= 0.3 is 12.5 Å². The topological polar surface area (TPSA) is 54.5 Å². The Kier molecular flexibility index (Phi) is 8.79. The summed E-state index contributed by atoms with van der Waals surface area (Å²) in [4.78, 5) is 17.7. The minimum atomic E-state index is -5.18. The van der Waals surface area contributed by atoms with Crippen molar-refractivity contribution in [3.05, 3.63) is 89.2 Å². The van der Waals surface area contributed by atoms with Crippen LogP contribution in [0.5, 0.6) is 5.75 Å². The lowest BCUT2D eigenvalue weighted by Crippen LogP contribution is -2.40. The molecule has 0 fully saturated rings. The van der Waals surface area contributed by atoms with Crippen LogP contribution in [0.1, 0.15) is 29.3 Å². The number of hydrogen-bond acceptors (Lipinski definition) is 4. The Bertz CT molecular complexity index is 1230. The van der Waals surface area contributed by atoms with Crippen LogP contribution < -0.4 is 15.0 Å². The SMILES string of the molecule is CNC(=O)C(c1ccc(F)cc1)N(CCCc1ccc(C(F)(F)F)nc1)c1ccc(F)c(OC(F)(F)F)c1. The molecule has 13 heteroatoms. The number of anilines is 1. The number of amides is 1. The van der Waals surface area contributed by atoms with Gasteiger partial charge in [-0.3, -0.25) is 9.78 Å². The molecule has 0 aliphatic rings. The molecular formula is C25H21F8N3O2. The van der Waals surface area contributed by atoms with E-state index in [1.54, 1.807) is 0 Å². The Morgan fingerprint density at radius 1 is 1.00 bits per heavy atom. The van der Waals surface area contributed by atoms with Gasteiger partial charge in [-0.05, 0) is 54.3 Å². The quantitative estimate of drug-likeness (QED) is 0.324. The number of rotatable bonds is 9. The lowest BCUT2D eigenvalue weighted by molar-refractivity contribution is -0.275. The predicted molar refractivity (Wildman–Crippen MR) is 121 cm³/mol. The minimum absolute atomic E-state index is 0.0193. The van der Waals surface area contributed by atoms with Crippen molar-refractivity contribution in [1.29, 1.82) is 0 Å². The number of ether oxygens (including phenoxy) is 1. The summed E-state index contributed by atoms with van der Waals surface area (Å²) in [6.07, 6.45) is -8.34. The molecule has 0 aliphatic heterocycles. The summed E-state index contributed by atoms with van der Waals surface area (Å²) in [6.45, 7) is -0.0203. The average Bonchev–Trinajstić information content (AvgIpc) is 2.84. The van der Waals surface area contributed by atoms with E-state index in [0.717, 1.165) is 42.6 Å². The van der Waals surface area contributed by atoms with Crippen LogP contribution in [0.2, 0.25) is 0 Å². The zero-order valence-corrected chi connectivity index (χ0v) is 19.7. The van der Waals surface area contributed by atoms with E-state index in [1.807, 2.05) is 0 Å². The molecule has 0 saturated carbocycles. The number of nitrogens with zero attached hydrogens (tertiary/aromatic N) is 2. The Morgan fingerprint density at radius 2 is 1.68 bits per heavy atom. The van der Waals surface area contributed by atoms with E-state index in [2.05, 4.69) is 15.0 Å². The molecule has 1 amide bonds. The van der Waals surface area contributed by atoms with Crippen molar-refractivity contribution in [2.75, 3.05) is 18.5 Å². The van der Waals surface area contributed by atoms with Gasteiger partial charge in [0.05, 0.1) is 0 Å². The molecule has 2 aromatic carbocycles. The van der Waals surface area contributed by atoms with Crippen LogP contribution >= 0.6 is 0 Å². The van der Waals surface area contributed by atoms with Crippen LogP contribution in [0.15, 0.2) is 60.8 Å². The van der Waals surface area contributed by atoms with Gasteiger partial charge in [-0.25, -0.2) is 8.78 Å². The third-order valence-corrected chi connectivity index (χ3v) is 5.44. The van der Waals surface area contributed by atoms with Crippen LogP contribution in [0.25, 0.3) is 0 Å². The van der Waals surface area contributed by atoms with E-state index in [4.69, 9.17) is 0 Å². The summed E-state index contributed by atoms with van der Waals surface area (Å²) in [7, 11) is 1.33. The van der Waals surface area contributed by atoms with Crippen molar-refractivity contribution in [3.8, 4) is 5.75 Å². The monoisotopic (exact) mass is 547 g/mol.